The van der Waals surface area contributed by atoms with Crippen molar-refractivity contribution in [3.8, 4) is 0 Å². The lowest BCUT2D eigenvalue weighted by Gasteiger charge is -2.14. The van der Waals surface area contributed by atoms with Gasteiger partial charge in [-0.25, -0.2) is 14.8 Å². The van der Waals surface area contributed by atoms with Crippen LogP contribution in [0.2, 0.25) is 0 Å². The van der Waals surface area contributed by atoms with E-state index >= 15 is 0 Å². The van der Waals surface area contributed by atoms with Gasteiger partial charge in [0, 0.05) is 13.0 Å². The largest absolute Gasteiger partial charge is 0.464 e. The Kier molecular flexibility index (Phi) is 3.41. The average molecular weight is 264 g/mol. The molecule has 0 radical (unpaired) electrons. The zero-order valence-electron chi connectivity index (χ0n) is 10.2. The molecule has 1 aromatic rings. The van der Waals surface area contributed by atoms with Crippen LogP contribution in [0.25, 0.3) is 0 Å². The van der Waals surface area contributed by atoms with Crippen LogP contribution in [-0.2, 0) is 14.3 Å². The van der Waals surface area contributed by atoms with Gasteiger partial charge in [-0.2, -0.15) is 0 Å². The topological polar surface area (TPSA) is 115 Å². The van der Waals surface area contributed by atoms with Crippen molar-refractivity contribution >= 4 is 23.6 Å². The summed E-state index contributed by atoms with van der Waals surface area (Å²) in [7, 11) is 1.24. The van der Waals surface area contributed by atoms with Gasteiger partial charge < -0.3 is 10.5 Å². The molecule has 1 aliphatic rings. The number of nitrogens with zero attached hydrogens (tertiary/aromatic N) is 3. The number of primary amides is 1. The van der Waals surface area contributed by atoms with E-state index in [0.29, 0.717) is 0 Å². The number of amides is 2. The van der Waals surface area contributed by atoms with E-state index in [0.717, 1.165) is 0 Å². The Labute approximate surface area is 108 Å². The fourth-order valence-corrected chi connectivity index (χ4v) is 1.79. The first-order valence-corrected chi connectivity index (χ1v) is 5.53. The van der Waals surface area contributed by atoms with Gasteiger partial charge in [-0.1, -0.05) is 0 Å². The molecule has 0 spiro atoms. The summed E-state index contributed by atoms with van der Waals surface area (Å²) in [5, 5.41) is 0. The predicted molar refractivity (Wildman–Crippen MR) is 63.0 cm³/mol. The van der Waals surface area contributed by atoms with Crippen molar-refractivity contribution in [1.29, 1.82) is 0 Å². The summed E-state index contributed by atoms with van der Waals surface area (Å²) in [5.74, 6) is -1.61. The predicted octanol–water partition coefficient (Wildman–Crippen LogP) is -0.899. The Hall–Kier alpha value is -2.51. The fraction of sp³-hybridized carbons (Fsp3) is 0.364. The summed E-state index contributed by atoms with van der Waals surface area (Å²) in [6, 6.07) is 0. The molecule has 0 aliphatic carbocycles. The van der Waals surface area contributed by atoms with E-state index in [2.05, 4.69) is 14.7 Å². The molecule has 19 heavy (non-hydrogen) atoms. The van der Waals surface area contributed by atoms with Gasteiger partial charge in [0.05, 0.1) is 25.4 Å². The molecule has 1 fully saturated rings. The number of carbonyl (C=O) groups is 3. The van der Waals surface area contributed by atoms with Crippen LogP contribution in [0, 0.1) is 5.92 Å². The molecule has 0 bridgehead atoms. The maximum Gasteiger partial charge on any atom is 0.358 e. The number of aromatic nitrogens is 2. The summed E-state index contributed by atoms with van der Waals surface area (Å²) in [4.78, 5) is 43.1. The second kappa shape index (κ2) is 5.01. The lowest BCUT2D eigenvalue weighted by molar-refractivity contribution is -0.123. The second-order valence-electron chi connectivity index (χ2n) is 4.06. The molecule has 2 heterocycles. The van der Waals surface area contributed by atoms with Crippen LogP contribution < -0.4 is 10.6 Å². The van der Waals surface area contributed by atoms with Crippen LogP contribution in [0.15, 0.2) is 12.4 Å². The molecule has 1 aliphatic heterocycles. The van der Waals surface area contributed by atoms with E-state index in [1.54, 1.807) is 0 Å². The fourth-order valence-electron chi connectivity index (χ4n) is 1.79. The number of hydrogen-bond donors (Lipinski definition) is 1. The Balaban J connectivity index is 2.17. The van der Waals surface area contributed by atoms with E-state index in [1.165, 1.54) is 24.4 Å². The highest BCUT2D eigenvalue weighted by Crippen LogP contribution is 2.22. The first kappa shape index (κ1) is 12.9. The van der Waals surface area contributed by atoms with Gasteiger partial charge in [-0.05, 0) is 0 Å². The summed E-state index contributed by atoms with van der Waals surface area (Å²) >= 11 is 0. The van der Waals surface area contributed by atoms with E-state index in [9.17, 15) is 14.4 Å². The standard InChI is InChI=1S/C11H12N4O4/c1-19-11(18)7-3-14-8(4-13-7)15-5-6(10(12)17)2-9(15)16/h3-4,6H,2,5H2,1H3,(H2,12,17). The Morgan fingerprint density at radius 1 is 1.42 bits per heavy atom. The van der Waals surface area contributed by atoms with Crippen molar-refractivity contribution in [2.45, 2.75) is 6.42 Å². The molecule has 0 aromatic carbocycles. The van der Waals surface area contributed by atoms with E-state index in [-0.39, 0.29) is 30.4 Å². The molecule has 1 atom stereocenters. The minimum Gasteiger partial charge on any atom is -0.464 e. The number of ether oxygens (including phenoxy) is 1. The molecule has 0 saturated carbocycles. The molecule has 2 rings (SSSR count). The van der Waals surface area contributed by atoms with Crippen LogP contribution in [0.4, 0.5) is 5.82 Å². The third-order valence-corrected chi connectivity index (χ3v) is 2.84. The van der Waals surface area contributed by atoms with Gasteiger partial charge in [0.2, 0.25) is 11.8 Å². The highest BCUT2D eigenvalue weighted by atomic mass is 16.5. The number of carbonyl (C=O) groups excluding carboxylic acids is 3. The smallest absolute Gasteiger partial charge is 0.358 e. The number of rotatable bonds is 3. The number of esters is 1. The van der Waals surface area contributed by atoms with E-state index in [4.69, 9.17) is 5.73 Å². The molecule has 1 unspecified atom stereocenters. The van der Waals surface area contributed by atoms with Crippen LogP contribution in [0.1, 0.15) is 16.9 Å². The Morgan fingerprint density at radius 2 is 2.16 bits per heavy atom. The molecule has 1 saturated heterocycles. The van der Waals surface area contributed by atoms with E-state index in [1.807, 2.05) is 0 Å². The van der Waals surface area contributed by atoms with Gasteiger partial charge in [-0.15, -0.1) is 0 Å². The zero-order valence-corrected chi connectivity index (χ0v) is 10.2. The first-order valence-electron chi connectivity index (χ1n) is 5.53. The van der Waals surface area contributed by atoms with Crippen molar-refractivity contribution in [2.24, 2.45) is 11.7 Å². The molecule has 2 N–H and O–H groups in total. The Morgan fingerprint density at radius 3 is 2.63 bits per heavy atom. The first-order chi connectivity index (χ1) is 9.02. The highest BCUT2D eigenvalue weighted by molar-refractivity contribution is 5.99. The van der Waals surface area contributed by atoms with Crippen molar-refractivity contribution in [3.63, 3.8) is 0 Å². The second-order valence-corrected chi connectivity index (χ2v) is 4.06. The minimum atomic E-state index is -0.609. The van der Waals surface area contributed by atoms with Crippen LogP contribution in [0.5, 0.6) is 0 Å². The van der Waals surface area contributed by atoms with Crippen LogP contribution in [0.3, 0.4) is 0 Å². The van der Waals surface area contributed by atoms with Gasteiger partial charge >= 0.3 is 5.97 Å². The minimum absolute atomic E-state index is 0.0457. The van der Waals surface area contributed by atoms with Crippen molar-refractivity contribution < 1.29 is 19.1 Å². The molecule has 1 aromatic heterocycles. The van der Waals surface area contributed by atoms with Crippen LogP contribution in [-0.4, -0.2) is 41.4 Å². The maximum absolute atomic E-state index is 11.7. The summed E-state index contributed by atoms with van der Waals surface area (Å²) in [6.07, 6.45) is 2.56. The Bertz CT molecular complexity index is 528. The molecule has 100 valence electrons. The average Bonchev–Trinajstić information content (AvgIpc) is 2.80. The number of methoxy groups -OCH3 is 1. The maximum atomic E-state index is 11.7. The lowest BCUT2D eigenvalue weighted by atomic mass is 10.1. The lowest BCUT2D eigenvalue weighted by Crippen LogP contribution is -2.29. The highest BCUT2D eigenvalue weighted by Gasteiger charge is 2.34. The molecule has 8 heteroatoms. The van der Waals surface area contributed by atoms with E-state index < -0.39 is 17.8 Å². The number of nitrogens with two attached hydrogens (primary N) is 1. The van der Waals surface area contributed by atoms with Crippen molar-refractivity contribution in [2.75, 3.05) is 18.6 Å². The molecular formula is C11H12N4O4. The summed E-state index contributed by atoms with van der Waals surface area (Å²) in [5.41, 5.74) is 5.21. The monoisotopic (exact) mass is 264 g/mol. The normalized spacial score (nSPS) is 18.5. The van der Waals surface area contributed by atoms with Gasteiger partial charge in [-0.3, -0.25) is 14.5 Å². The van der Waals surface area contributed by atoms with Gasteiger partial charge in [0.15, 0.2) is 11.5 Å². The molecule has 8 nitrogen and oxygen atoms in total. The van der Waals surface area contributed by atoms with Crippen molar-refractivity contribution in [1.82, 2.24) is 9.97 Å². The van der Waals surface area contributed by atoms with Gasteiger partial charge in [0.1, 0.15) is 0 Å². The quantitative estimate of drug-likeness (QED) is 0.707. The number of hydrogen-bond acceptors (Lipinski definition) is 6. The third-order valence-electron chi connectivity index (χ3n) is 2.84. The zero-order chi connectivity index (χ0) is 14.0. The summed E-state index contributed by atoms with van der Waals surface area (Å²) < 4.78 is 4.49. The number of anilines is 1. The van der Waals surface area contributed by atoms with Gasteiger partial charge in [0.25, 0.3) is 0 Å². The SMILES string of the molecule is COC(=O)c1cnc(N2CC(C(N)=O)CC2=O)cn1. The summed E-state index contributed by atoms with van der Waals surface area (Å²) in [6.45, 7) is 0.181. The molecule has 2 amide bonds. The van der Waals surface area contributed by atoms with Crippen molar-refractivity contribution in [3.05, 3.63) is 18.1 Å². The van der Waals surface area contributed by atoms with Crippen LogP contribution >= 0.6 is 0 Å². The molecular weight excluding hydrogens is 252 g/mol. The third kappa shape index (κ3) is 2.51.